The lowest BCUT2D eigenvalue weighted by Gasteiger charge is -2.05. The van der Waals surface area contributed by atoms with Crippen LogP contribution in [-0.4, -0.2) is 25.3 Å². The van der Waals surface area contributed by atoms with Gasteiger partial charge >= 0.3 is 0 Å². The van der Waals surface area contributed by atoms with E-state index in [1.54, 1.807) is 0 Å². The first-order chi connectivity index (χ1) is 5.95. The summed E-state index contributed by atoms with van der Waals surface area (Å²) in [7, 11) is -3.78. The van der Waals surface area contributed by atoms with Crippen molar-refractivity contribution in [2.75, 3.05) is 12.3 Å². The normalized spacial score (nSPS) is 11.2. The molecule has 0 heterocycles. The van der Waals surface area contributed by atoms with Gasteiger partial charge in [0.05, 0.1) is 5.75 Å². The van der Waals surface area contributed by atoms with Gasteiger partial charge in [0.2, 0.25) is 0 Å². The minimum atomic E-state index is -3.78. The van der Waals surface area contributed by atoms with Crippen molar-refractivity contribution in [3.63, 3.8) is 0 Å². The predicted molar refractivity (Wildman–Crippen MR) is 53.1 cm³/mol. The molecule has 0 rings (SSSR count). The number of hydrogen-bond donors (Lipinski definition) is 2. The topological polar surface area (TPSA) is 66.4 Å². The molecule has 0 saturated carbocycles. The zero-order valence-electron chi connectivity index (χ0n) is 7.91. The van der Waals surface area contributed by atoms with Gasteiger partial charge in [-0.15, -0.1) is 0 Å². The lowest BCUT2D eigenvalue weighted by molar-refractivity contribution is 0.480. The minimum Gasteiger partial charge on any atom is -0.389 e. The van der Waals surface area contributed by atoms with Crippen LogP contribution in [0.1, 0.15) is 26.2 Å². The highest BCUT2D eigenvalue weighted by Gasteiger charge is 2.02. The Kier molecular flexibility index (Phi) is 5.73. The standard InChI is InChI=1S/C8H17NO3S/c1-3-8(2)9-6-4-5-7-13(10,11)12/h9H,2-7H2,1H3,(H,10,11,12). The van der Waals surface area contributed by atoms with E-state index in [1.807, 2.05) is 6.92 Å². The van der Waals surface area contributed by atoms with Gasteiger partial charge in [-0.25, -0.2) is 0 Å². The maximum Gasteiger partial charge on any atom is 0.264 e. The zero-order chi connectivity index (χ0) is 10.3. The molecule has 0 saturated heterocycles. The molecular formula is C8H17NO3S. The summed E-state index contributed by atoms with van der Waals surface area (Å²) in [5.41, 5.74) is 0.951. The highest BCUT2D eigenvalue weighted by molar-refractivity contribution is 7.85. The van der Waals surface area contributed by atoms with Gasteiger partial charge < -0.3 is 5.32 Å². The third kappa shape index (κ3) is 9.36. The third-order valence-corrected chi connectivity index (χ3v) is 2.44. The lowest BCUT2D eigenvalue weighted by atomic mass is 10.3. The van der Waals surface area contributed by atoms with E-state index in [0.717, 1.165) is 18.5 Å². The van der Waals surface area contributed by atoms with Crippen LogP contribution in [-0.2, 0) is 10.1 Å². The average Bonchev–Trinajstić information content (AvgIpc) is 2.01. The molecule has 0 aromatic carbocycles. The molecule has 0 aromatic heterocycles. The van der Waals surface area contributed by atoms with Crippen molar-refractivity contribution < 1.29 is 13.0 Å². The highest BCUT2D eigenvalue weighted by Crippen LogP contribution is 1.95. The second-order valence-corrected chi connectivity index (χ2v) is 4.45. The van der Waals surface area contributed by atoms with Gasteiger partial charge in [-0.05, 0) is 19.3 Å². The molecule has 0 aromatic rings. The van der Waals surface area contributed by atoms with Crippen molar-refractivity contribution in [2.24, 2.45) is 0 Å². The van der Waals surface area contributed by atoms with Gasteiger partial charge in [0.1, 0.15) is 0 Å². The summed E-state index contributed by atoms with van der Waals surface area (Å²) in [6.07, 6.45) is 2.07. The smallest absolute Gasteiger partial charge is 0.264 e. The van der Waals surface area contributed by atoms with E-state index < -0.39 is 10.1 Å². The van der Waals surface area contributed by atoms with Crippen LogP contribution in [0.5, 0.6) is 0 Å². The van der Waals surface area contributed by atoms with E-state index in [2.05, 4.69) is 11.9 Å². The molecule has 0 unspecified atom stereocenters. The number of rotatable bonds is 7. The van der Waals surface area contributed by atoms with Crippen molar-refractivity contribution in [3.05, 3.63) is 12.3 Å². The molecular weight excluding hydrogens is 190 g/mol. The Bertz CT molecular complexity index is 246. The molecule has 0 amide bonds. The SMILES string of the molecule is C=C(CC)NCCCCS(=O)(=O)O. The Balaban J connectivity index is 3.33. The number of allylic oxidation sites excluding steroid dienone is 1. The molecule has 13 heavy (non-hydrogen) atoms. The van der Waals surface area contributed by atoms with Crippen LogP contribution < -0.4 is 5.32 Å². The number of hydrogen-bond acceptors (Lipinski definition) is 3. The molecule has 0 radical (unpaired) electrons. The molecule has 0 aliphatic carbocycles. The molecule has 0 aliphatic heterocycles. The molecule has 2 N–H and O–H groups in total. The Morgan fingerprint density at radius 3 is 2.54 bits per heavy atom. The monoisotopic (exact) mass is 207 g/mol. The van der Waals surface area contributed by atoms with Crippen LogP contribution in [0.4, 0.5) is 0 Å². The maximum atomic E-state index is 10.3. The summed E-state index contributed by atoms with van der Waals surface area (Å²) < 4.78 is 29.0. The zero-order valence-corrected chi connectivity index (χ0v) is 8.73. The predicted octanol–water partition coefficient (Wildman–Crippen LogP) is 1.17. The van der Waals surface area contributed by atoms with E-state index in [0.29, 0.717) is 13.0 Å². The van der Waals surface area contributed by atoms with Gasteiger partial charge in [0.15, 0.2) is 0 Å². The first-order valence-electron chi connectivity index (χ1n) is 4.32. The third-order valence-electron chi connectivity index (χ3n) is 1.63. The minimum absolute atomic E-state index is 0.159. The first-order valence-corrected chi connectivity index (χ1v) is 5.93. The summed E-state index contributed by atoms with van der Waals surface area (Å²) in [5.74, 6) is -0.159. The Morgan fingerprint density at radius 2 is 2.08 bits per heavy atom. The van der Waals surface area contributed by atoms with Crippen LogP contribution >= 0.6 is 0 Å². The van der Waals surface area contributed by atoms with Crippen LogP contribution in [0, 0.1) is 0 Å². The molecule has 78 valence electrons. The van der Waals surface area contributed by atoms with Crippen molar-refractivity contribution in [1.82, 2.24) is 5.32 Å². The first kappa shape index (κ1) is 12.4. The molecule has 0 aliphatic rings. The molecule has 0 fully saturated rings. The van der Waals surface area contributed by atoms with Gasteiger partial charge in [-0.1, -0.05) is 13.5 Å². The van der Waals surface area contributed by atoms with Crippen LogP contribution in [0.3, 0.4) is 0 Å². The van der Waals surface area contributed by atoms with Crippen LogP contribution in [0.15, 0.2) is 12.3 Å². The number of nitrogens with one attached hydrogen (secondary N) is 1. The van der Waals surface area contributed by atoms with Crippen molar-refractivity contribution >= 4 is 10.1 Å². The quantitative estimate of drug-likeness (QED) is 0.486. The maximum absolute atomic E-state index is 10.3. The Hall–Kier alpha value is -0.550. The second-order valence-electron chi connectivity index (χ2n) is 2.88. The average molecular weight is 207 g/mol. The lowest BCUT2D eigenvalue weighted by Crippen LogP contribution is -2.14. The van der Waals surface area contributed by atoms with Gasteiger partial charge in [0, 0.05) is 12.2 Å². The molecule has 0 bridgehead atoms. The van der Waals surface area contributed by atoms with E-state index >= 15 is 0 Å². The van der Waals surface area contributed by atoms with E-state index in [1.165, 1.54) is 0 Å². The Morgan fingerprint density at radius 1 is 1.46 bits per heavy atom. The summed E-state index contributed by atoms with van der Waals surface area (Å²) >= 11 is 0. The second kappa shape index (κ2) is 5.99. The van der Waals surface area contributed by atoms with Crippen LogP contribution in [0.2, 0.25) is 0 Å². The van der Waals surface area contributed by atoms with Crippen molar-refractivity contribution in [1.29, 1.82) is 0 Å². The Labute approximate surface area is 79.8 Å². The van der Waals surface area contributed by atoms with Gasteiger partial charge in [-0.2, -0.15) is 8.42 Å². The fraction of sp³-hybridized carbons (Fsp3) is 0.750. The fourth-order valence-electron chi connectivity index (χ4n) is 0.800. The molecule has 4 nitrogen and oxygen atoms in total. The number of unbranched alkanes of at least 4 members (excludes halogenated alkanes) is 1. The largest absolute Gasteiger partial charge is 0.389 e. The summed E-state index contributed by atoms with van der Waals surface area (Å²) in [5, 5.41) is 3.05. The van der Waals surface area contributed by atoms with E-state index in [4.69, 9.17) is 4.55 Å². The van der Waals surface area contributed by atoms with Crippen LogP contribution in [0.25, 0.3) is 0 Å². The summed E-state index contributed by atoms with van der Waals surface area (Å²) in [6, 6.07) is 0. The highest BCUT2D eigenvalue weighted by atomic mass is 32.2. The van der Waals surface area contributed by atoms with Crippen molar-refractivity contribution in [3.8, 4) is 0 Å². The van der Waals surface area contributed by atoms with E-state index in [-0.39, 0.29) is 5.75 Å². The van der Waals surface area contributed by atoms with Gasteiger partial charge in [-0.3, -0.25) is 4.55 Å². The molecule has 5 heteroatoms. The fourth-order valence-corrected chi connectivity index (χ4v) is 1.37. The van der Waals surface area contributed by atoms with E-state index in [9.17, 15) is 8.42 Å². The molecule has 0 atom stereocenters. The summed E-state index contributed by atoms with van der Waals surface area (Å²) in [4.78, 5) is 0. The van der Waals surface area contributed by atoms with Crippen molar-refractivity contribution in [2.45, 2.75) is 26.2 Å². The summed E-state index contributed by atoms with van der Waals surface area (Å²) in [6.45, 7) is 6.44. The molecule has 0 spiro atoms. The van der Waals surface area contributed by atoms with Gasteiger partial charge in [0.25, 0.3) is 10.1 Å².